The normalized spacial score (nSPS) is 11.5. The van der Waals surface area contributed by atoms with Crippen molar-refractivity contribution >= 4 is 17.6 Å². The van der Waals surface area contributed by atoms with Crippen LogP contribution in [0.4, 0.5) is 8.78 Å². The van der Waals surface area contributed by atoms with E-state index in [4.69, 9.17) is 16.7 Å². The number of alkyl halides is 2. The van der Waals surface area contributed by atoms with Crippen molar-refractivity contribution in [2.45, 2.75) is 25.7 Å². The first-order valence-corrected chi connectivity index (χ1v) is 5.07. The number of carboxylic acids is 1. The molecule has 0 aromatic heterocycles. The van der Waals surface area contributed by atoms with Crippen LogP contribution >= 0.6 is 11.6 Å². The molecule has 0 saturated heterocycles. The Balaban J connectivity index is 2.88. The maximum Gasteiger partial charge on any atom is 0.303 e. The van der Waals surface area contributed by atoms with Gasteiger partial charge in [0.15, 0.2) is 0 Å². The van der Waals surface area contributed by atoms with Gasteiger partial charge in [0.05, 0.1) is 0 Å². The highest BCUT2D eigenvalue weighted by molar-refractivity contribution is 6.31. The molecule has 0 spiro atoms. The van der Waals surface area contributed by atoms with Crippen LogP contribution in [0.25, 0.3) is 0 Å². The van der Waals surface area contributed by atoms with Crippen LogP contribution in [-0.4, -0.2) is 11.1 Å². The van der Waals surface area contributed by atoms with E-state index >= 15 is 0 Å². The Morgan fingerprint density at radius 2 is 2.12 bits per heavy atom. The summed E-state index contributed by atoms with van der Waals surface area (Å²) in [6, 6.07) is 3.89. The minimum Gasteiger partial charge on any atom is -0.481 e. The van der Waals surface area contributed by atoms with Gasteiger partial charge in [0.1, 0.15) is 0 Å². The molecule has 0 atom stereocenters. The van der Waals surface area contributed by atoms with Gasteiger partial charge in [0, 0.05) is 23.9 Å². The molecular formula is C11H11ClF2O2. The van der Waals surface area contributed by atoms with E-state index in [-0.39, 0.29) is 23.4 Å². The first kappa shape index (κ1) is 12.9. The summed E-state index contributed by atoms with van der Waals surface area (Å²) < 4.78 is 25.9. The maximum atomic E-state index is 12.9. The number of aliphatic carboxylic acids is 1. The van der Waals surface area contributed by atoms with Gasteiger partial charge >= 0.3 is 5.97 Å². The Bertz CT molecular complexity index is 399. The Morgan fingerprint density at radius 3 is 2.56 bits per heavy atom. The SMILES string of the molecule is CC(F)(F)c1ccc(CCC(=O)O)c(Cl)c1. The van der Waals surface area contributed by atoms with Crippen LogP contribution in [0.3, 0.4) is 0 Å². The Hall–Kier alpha value is -1.16. The molecule has 0 fully saturated rings. The number of hydrogen-bond acceptors (Lipinski definition) is 1. The fraction of sp³-hybridized carbons (Fsp3) is 0.364. The lowest BCUT2D eigenvalue weighted by molar-refractivity contribution is -0.136. The molecule has 0 unspecified atom stereocenters. The molecule has 0 amide bonds. The lowest BCUT2D eigenvalue weighted by Crippen LogP contribution is -2.07. The molecule has 0 radical (unpaired) electrons. The zero-order valence-corrected chi connectivity index (χ0v) is 9.39. The highest BCUT2D eigenvalue weighted by atomic mass is 35.5. The van der Waals surface area contributed by atoms with Gasteiger partial charge in [-0.2, -0.15) is 0 Å². The van der Waals surface area contributed by atoms with E-state index in [1.54, 1.807) is 0 Å². The summed E-state index contributed by atoms with van der Waals surface area (Å²) in [7, 11) is 0. The second-order valence-corrected chi connectivity index (χ2v) is 4.00. The van der Waals surface area contributed by atoms with Gasteiger partial charge in [-0.05, 0) is 18.1 Å². The Morgan fingerprint density at radius 1 is 1.50 bits per heavy atom. The van der Waals surface area contributed by atoms with Crippen molar-refractivity contribution in [1.29, 1.82) is 0 Å². The molecule has 1 aromatic rings. The maximum absolute atomic E-state index is 12.9. The predicted molar refractivity (Wildman–Crippen MR) is 57.0 cm³/mol. The van der Waals surface area contributed by atoms with Crippen molar-refractivity contribution in [3.8, 4) is 0 Å². The number of aryl methyl sites for hydroxylation is 1. The molecule has 2 nitrogen and oxygen atoms in total. The van der Waals surface area contributed by atoms with E-state index < -0.39 is 11.9 Å². The van der Waals surface area contributed by atoms with Crippen molar-refractivity contribution in [2.24, 2.45) is 0 Å². The fourth-order valence-corrected chi connectivity index (χ4v) is 1.54. The molecular weight excluding hydrogens is 238 g/mol. The standard InChI is InChI=1S/C11H11ClF2O2/c1-11(13,14)8-4-2-7(9(12)6-8)3-5-10(15)16/h2,4,6H,3,5H2,1H3,(H,15,16). The van der Waals surface area contributed by atoms with Crippen LogP contribution < -0.4 is 0 Å². The molecule has 88 valence electrons. The second kappa shape index (κ2) is 4.78. The summed E-state index contributed by atoms with van der Waals surface area (Å²) >= 11 is 5.79. The van der Waals surface area contributed by atoms with Crippen molar-refractivity contribution in [3.05, 3.63) is 34.3 Å². The number of hydrogen-bond donors (Lipinski definition) is 1. The van der Waals surface area contributed by atoms with Crippen molar-refractivity contribution in [3.63, 3.8) is 0 Å². The van der Waals surface area contributed by atoms with Crippen LogP contribution in [0.2, 0.25) is 5.02 Å². The van der Waals surface area contributed by atoms with Gasteiger partial charge in [-0.15, -0.1) is 0 Å². The summed E-state index contributed by atoms with van der Waals surface area (Å²) in [5.74, 6) is -3.88. The molecule has 1 N–H and O–H groups in total. The summed E-state index contributed by atoms with van der Waals surface area (Å²) in [5, 5.41) is 8.67. The molecule has 0 bridgehead atoms. The number of carboxylic acid groups (broad SMARTS) is 1. The number of benzene rings is 1. The molecule has 0 aliphatic carbocycles. The van der Waals surface area contributed by atoms with Crippen LogP contribution in [-0.2, 0) is 17.1 Å². The van der Waals surface area contributed by atoms with Crippen LogP contribution in [0.5, 0.6) is 0 Å². The zero-order valence-electron chi connectivity index (χ0n) is 8.64. The van der Waals surface area contributed by atoms with Crippen LogP contribution in [0, 0.1) is 0 Å². The monoisotopic (exact) mass is 248 g/mol. The van der Waals surface area contributed by atoms with E-state index in [2.05, 4.69) is 0 Å². The second-order valence-electron chi connectivity index (χ2n) is 3.59. The lowest BCUT2D eigenvalue weighted by atomic mass is 10.0. The van der Waals surface area contributed by atoms with Crippen molar-refractivity contribution < 1.29 is 18.7 Å². The minimum absolute atomic E-state index is 0.0679. The summed E-state index contributed by atoms with van der Waals surface area (Å²) in [5.41, 5.74) is 0.397. The van der Waals surface area contributed by atoms with Gasteiger partial charge in [-0.1, -0.05) is 23.7 Å². The summed E-state index contributed by atoms with van der Waals surface area (Å²) in [4.78, 5) is 10.3. The molecule has 0 heterocycles. The third-order valence-corrected chi connectivity index (χ3v) is 2.52. The topological polar surface area (TPSA) is 37.3 Å². The molecule has 1 rings (SSSR count). The van der Waals surface area contributed by atoms with E-state index in [1.165, 1.54) is 18.2 Å². The third-order valence-electron chi connectivity index (χ3n) is 2.17. The number of halogens is 3. The molecule has 5 heteroatoms. The third kappa shape index (κ3) is 3.45. The van der Waals surface area contributed by atoms with Crippen LogP contribution in [0.1, 0.15) is 24.5 Å². The first-order valence-electron chi connectivity index (χ1n) is 4.69. The minimum atomic E-state index is -2.94. The van der Waals surface area contributed by atoms with Gasteiger partial charge in [-0.3, -0.25) is 4.79 Å². The fourth-order valence-electron chi connectivity index (χ4n) is 1.26. The summed E-state index contributed by atoms with van der Waals surface area (Å²) in [6.07, 6.45) is 0.172. The largest absolute Gasteiger partial charge is 0.481 e. The molecule has 0 saturated carbocycles. The molecule has 1 aromatic carbocycles. The smallest absolute Gasteiger partial charge is 0.303 e. The molecule has 16 heavy (non-hydrogen) atoms. The zero-order chi connectivity index (χ0) is 12.3. The predicted octanol–water partition coefficient (Wildman–Crippen LogP) is 3.47. The number of carbonyl (C=O) groups is 1. The Labute approximate surface area is 96.8 Å². The van der Waals surface area contributed by atoms with Crippen molar-refractivity contribution in [2.75, 3.05) is 0 Å². The van der Waals surface area contributed by atoms with Gasteiger partial charge in [0.2, 0.25) is 0 Å². The highest BCUT2D eigenvalue weighted by Crippen LogP contribution is 2.30. The van der Waals surface area contributed by atoms with Gasteiger partial charge in [-0.25, -0.2) is 8.78 Å². The van der Waals surface area contributed by atoms with E-state index in [1.807, 2.05) is 0 Å². The van der Waals surface area contributed by atoms with E-state index in [0.29, 0.717) is 5.56 Å². The van der Waals surface area contributed by atoms with Crippen molar-refractivity contribution in [1.82, 2.24) is 0 Å². The first-order chi connectivity index (χ1) is 7.30. The van der Waals surface area contributed by atoms with Crippen LogP contribution in [0.15, 0.2) is 18.2 Å². The Kier molecular flexibility index (Phi) is 3.86. The van der Waals surface area contributed by atoms with E-state index in [0.717, 1.165) is 6.92 Å². The molecule has 0 aliphatic heterocycles. The van der Waals surface area contributed by atoms with Gasteiger partial charge < -0.3 is 5.11 Å². The summed E-state index contributed by atoms with van der Waals surface area (Å²) in [6.45, 7) is 0.787. The van der Waals surface area contributed by atoms with E-state index in [9.17, 15) is 13.6 Å². The van der Waals surface area contributed by atoms with Gasteiger partial charge in [0.25, 0.3) is 5.92 Å². The quantitative estimate of drug-likeness (QED) is 0.886. The number of rotatable bonds is 4. The highest BCUT2D eigenvalue weighted by Gasteiger charge is 2.24. The average molecular weight is 249 g/mol. The average Bonchev–Trinajstić information content (AvgIpc) is 2.14. The lowest BCUT2D eigenvalue weighted by Gasteiger charge is -2.12. The molecule has 0 aliphatic rings.